The Morgan fingerprint density at radius 1 is 1.04 bits per heavy atom. The predicted octanol–water partition coefficient (Wildman–Crippen LogP) is 3.44. The van der Waals surface area contributed by atoms with E-state index in [-0.39, 0.29) is 17.7 Å². The lowest BCUT2D eigenvalue weighted by Gasteiger charge is -2.18. The van der Waals surface area contributed by atoms with E-state index in [2.05, 4.69) is 17.4 Å². The number of hydrazine groups is 1. The topological polar surface area (TPSA) is 58.2 Å². The molecule has 0 unspecified atom stereocenters. The Balaban J connectivity index is 2.05. The van der Waals surface area contributed by atoms with Crippen molar-refractivity contribution in [1.29, 1.82) is 0 Å². The van der Waals surface area contributed by atoms with Crippen LogP contribution >= 0.6 is 0 Å². The zero-order valence-corrected chi connectivity index (χ0v) is 13.1. The van der Waals surface area contributed by atoms with E-state index in [9.17, 15) is 9.59 Å². The first-order valence-corrected chi connectivity index (χ1v) is 7.44. The Labute approximate surface area is 136 Å². The van der Waals surface area contributed by atoms with Gasteiger partial charge in [0.2, 0.25) is 0 Å². The quantitative estimate of drug-likeness (QED) is 0.468. The number of benzene rings is 2. The van der Waals surface area contributed by atoms with Crippen molar-refractivity contribution in [2.45, 2.75) is 19.4 Å². The maximum Gasteiger partial charge on any atom is 0.265 e. The molecule has 2 N–H and O–H groups in total. The van der Waals surface area contributed by atoms with Crippen LogP contribution in [0.3, 0.4) is 0 Å². The van der Waals surface area contributed by atoms with Gasteiger partial charge in [-0.25, -0.2) is 5.43 Å². The van der Waals surface area contributed by atoms with E-state index in [4.69, 9.17) is 0 Å². The first-order chi connectivity index (χ1) is 11.1. The predicted molar refractivity (Wildman–Crippen MR) is 91.0 cm³/mol. The molecule has 2 aromatic carbocycles. The van der Waals surface area contributed by atoms with Crippen LogP contribution in [0.15, 0.2) is 67.3 Å². The molecule has 0 saturated carbocycles. The summed E-state index contributed by atoms with van der Waals surface area (Å²) in [5, 5.41) is 0. The van der Waals surface area contributed by atoms with Crippen molar-refractivity contribution in [2.75, 3.05) is 0 Å². The van der Waals surface area contributed by atoms with E-state index in [1.165, 1.54) is 6.92 Å². The van der Waals surface area contributed by atoms with Gasteiger partial charge in [-0.3, -0.25) is 15.0 Å². The molecule has 2 aromatic rings. The minimum absolute atomic E-state index is 0.0298. The molecule has 118 valence electrons. The van der Waals surface area contributed by atoms with Crippen molar-refractivity contribution in [3.05, 3.63) is 83.9 Å². The van der Waals surface area contributed by atoms with E-state index in [0.29, 0.717) is 17.5 Å². The average Bonchev–Trinajstić information content (AvgIpc) is 2.59. The first kappa shape index (κ1) is 16.6. The summed E-state index contributed by atoms with van der Waals surface area (Å²) in [7, 11) is 0. The standard InChI is InChI=1S/C19H20N2O2/c1-3-7-18(16-12-10-15(11-13-16)14(2)22)20-21-19(23)17-8-5-4-6-9-17/h3-6,8-13,18,20H,1,7H2,2H3,(H,21,23)/t18-/m0/s1. The van der Waals surface area contributed by atoms with Crippen molar-refractivity contribution >= 4 is 11.7 Å². The largest absolute Gasteiger partial charge is 0.295 e. The molecule has 0 fully saturated rings. The van der Waals surface area contributed by atoms with Crippen molar-refractivity contribution in [3.8, 4) is 0 Å². The van der Waals surface area contributed by atoms with Gasteiger partial charge >= 0.3 is 0 Å². The van der Waals surface area contributed by atoms with Crippen LogP contribution in [0.1, 0.15) is 45.7 Å². The highest BCUT2D eigenvalue weighted by atomic mass is 16.2. The molecule has 0 spiro atoms. The normalized spacial score (nSPS) is 11.5. The fourth-order valence-corrected chi connectivity index (χ4v) is 2.21. The molecule has 2 rings (SSSR count). The lowest BCUT2D eigenvalue weighted by atomic mass is 10.0. The maximum absolute atomic E-state index is 12.1. The van der Waals surface area contributed by atoms with Crippen molar-refractivity contribution in [1.82, 2.24) is 10.9 Å². The van der Waals surface area contributed by atoms with Crippen LogP contribution in [0.25, 0.3) is 0 Å². The molecule has 0 aliphatic carbocycles. The molecule has 4 nitrogen and oxygen atoms in total. The summed E-state index contributed by atoms with van der Waals surface area (Å²) in [5.74, 6) is -0.165. The Morgan fingerprint density at radius 2 is 1.70 bits per heavy atom. The van der Waals surface area contributed by atoms with Crippen molar-refractivity contribution in [2.24, 2.45) is 0 Å². The molecule has 23 heavy (non-hydrogen) atoms. The van der Waals surface area contributed by atoms with Gasteiger partial charge in [-0.2, -0.15) is 0 Å². The minimum atomic E-state index is -0.194. The summed E-state index contributed by atoms with van der Waals surface area (Å²) < 4.78 is 0. The van der Waals surface area contributed by atoms with Crippen LogP contribution in [0.5, 0.6) is 0 Å². The van der Waals surface area contributed by atoms with Gasteiger partial charge in [-0.05, 0) is 31.0 Å². The highest BCUT2D eigenvalue weighted by Crippen LogP contribution is 2.17. The van der Waals surface area contributed by atoms with E-state index < -0.39 is 0 Å². The lowest BCUT2D eigenvalue weighted by Crippen LogP contribution is -2.39. The SMILES string of the molecule is C=CC[C@H](NNC(=O)c1ccccc1)c1ccc(C(C)=O)cc1. The molecule has 0 saturated heterocycles. The second-order valence-corrected chi connectivity index (χ2v) is 5.22. The molecule has 1 atom stereocenters. The summed E-state index contributed by atoms with van der Waals surface area (Å²) in [6.45, 7) is 5.29. The molecular weight excluding hydrogens is 288 g/mol. The smallest absolute Gasteiger partial charge is 0.265 e. The Bertz CT molecular complexity index is 678. The van der Waals surface area contributed by atoms with Crippen LogP contribution < -0.4 is 10.9 Å². The second kappa shape index (κ2) is 8.06. The fourth-order valence-electron chi connectivity index (χ4n) is 2.21. The summed E-state index contributed by atoms with van der Waals surface area (Å²) in [6, 6.07) is 16.2. The molecule has 0 bridgehead atoms. The monoisotopic (exact) mass is 308 g/mol. The Morgan fingerprint density at radius 3 is 2.26 bits per heavy atom. The van der Waals surface area contributed by atoms with Gasteiger partial charge in [0.1, 0.15) is 0 Å². The highest BCUT2D eigenvalue weighted by molar-refractivity contribution is 5.94. The Kier molecular flexibility index (Phi) is 5.83. The van der Waals surface area contributed by atoms with Gasteiger partial charge in [0.25, 0.3) is 5.91 Å². The first-order valence-electron chi connectivity index (χ1n) is 7.44. The van der Waals surface area contributed by atoms with E-state index in [1.54, 1.807) is 30.3 Å². The third kappa shape index (κ3) is 4.63. The maximum atomic E-state index is 12.1. The molecule has 1 amide bonds. The van der Waals surface area contributed by atoms with Gasteiger partial charge in [0, 0.05) is 11.1 Å². The highest BCUT2D eigenvalue weighted by Gasteiger charge is 2.12. The molecule has 4 heteroatoms. The summed E-state index contributed by atoms with van der Waals surface area (Å²) in [5.41, 5.74) is 7.97. The molecule has 0 aliphatic rings. The number of amides is 1. The number of rotatable bonds is 7. The van der Waals surface area contributed by atoms with Crippen LogP contribution in [-0.2, 0) is 0 Å². The van der Waals surface area contributed by atoms with Gasteiger partial charge in [0.15, 0.2) is 5.78 Å². The third-order valence-electron chi connectivity index (χ3n) is 3.52. The van der Waals surface area contributed by atoms with Crippen molar-refractivity contribution in [3.63, 3.8) is 0 Å². The van der Waals surface area contributed by atoms with E-state index in [0.717, 1.165) is 5.56 Å². The number of carbonyl (C=O) groups is 2. The molecule has 0 heterocycles. The minimum Gasteiger partial charge on any atom is -0.295 e. The number of ketones is 1. The number of nitrogens with one attached hydrogen (secondary N) is 2. The number of Topliss-reactive ketones (excluding diaryl/α,β-unsaturated/α-hetero) is 1. The van der Waals surface area contributed by atoms with Crippen LogP contribution in [0.2, 0.25) is 0 Å². The van der Waals surface area contributed by atoms with Gasteiger partial charge in [0.05, 0.1) is 6.04 Å². The number of hydrogen-bond acceptors (Lipinski definition) is 3. The summed E-state index contributed by atoms with van der Waals surface area (Å²) >= 11 is 0. The van der Waals surface area contributed by atoms with Gasteiger partial charge in [-0.1, -0.05) is 48.5 Å². The van der Waals surface area contributed by atoms with Crippen LogP contribution in [-0.4, -0.2) is 11.7 Å². The van der Waals surface area contributed by atoms with Gasteiger partial charge < -0.3 is 0 Å². The number of carbonyl (C=O) groups excluding carboxylic acids is 2. The van der Waals surface area contributed by atoms with Gasteiger partial charge in [-0.15, -0.1) is 6.58 Å². The second-order valence-electron chi connectivity index (χ2n) is 5.22. The van der Waals surface area contributed by atoms with E-state index in [1.807, 2.05) is 30.3 Å². The Hall–Kier alpha value is -2.72. The van der Waals surface area contributed by atoms with Crippen LogP contribution in [0.4, 0.5) is 0 Å². The zero-order chi connectivity index (χ0) is 16.7. The average molecular weight is 308 g/mol. The fraction of sp³-hybridized carbons (Fsp3) is 0.158. The molecular formula is C19H20N2O2. The third-order valence-corrected chi connectivity index (χ3v) is 3.52. The molecule has 0 radical (unpaired) electrons. The summed E-state index contributed by atoms with van der Waals surface area (Å²) in [6.07, 6.45) is 2.43. The zero-order valence-electron chi connectivity index (χ0n) is 13.1. The van der Waals surface area contributed by atoms with Crippen LogP contribution in [0, 0.1) is 0 Å². The number of hydrogen-bond donors (Lipinski definition) is 2. The molecule has 0 aromatic heterocycles. The molecule has 0 aliphatic heterocycles. The summed E-state index contributed by atoms with van der Waals surface area (Å²) in [4.78, 5) is 23.4. The lowest BCUT2D eigenvalue weighted by molar-refractivity contribution is 0.0924. The van der Waals surface area contributed by atoms with Crippen molar-refractivity contribution < 1.29 is 9.59 Å². The van der Waals surface area contributed by atoms with E-state index >= 15 is 0 Å².